The van der Waals surface area contributed by atoms with Crippen molar-refractivity contribution in [1.29, 1.82) is 5.26 Å². The first-order valence-electron chi connectivity index (χ1n) is 6.92. The summed E-state index contributed by atoms with van der Waals surface area (Å²) in [4.78, 5) is 24.0. The highest BCUT2D eigenvalue weighted by Crippen LogP contribution is 2.23. The zero-order chi connectivity index (χ0) is 17.4. The topological polar surface area (TPSA) is 113 Å². The number of aliphatic hydroxyl groups is 1. The van der Waals surface area contributed by atoms with Gasteiger partial charge in [0.15, 0.2) is 5.56 Å². The van der Waals surface area contributed by atoms with Gasteiger partial charge < -0.3 is 14.8 Å². The third-order valence-electron chi connectivity index (χ3n) is 3.65. The molecule has 122 valence electrons. The molecule has 0 aliphatic rings. The smallest absolute Gasteiger partial charge is 0.332 e. The van der Waals surface area contributed by atoms with Crippen LogP contribution in [0.4, 0.5) is 5.82 Å². The summed E-state index contributed by atoms with van der Waals surface area (Å²) in [6, 6.07) is 5.16. The minimum atomic E-state index is -1.38. The molecule has 0 aromatic carbocycles. The van der Waals surface area contributed by atoms with Crippen molar-refractivity contribution in [2.24, 2.45) is 14.1 Å². The van der Waals surface area contributed by atoms with Gasteiger partial charge in [-0.3, -0.25) is 13.9 Å². The van der Waals surface area contributed by atoms with Crippen LogP contribution in [-0.2, 0) is 19.7 Å². The van der Waals surface area contributed by atoms with Gasteiger partial charge in [-0.2, -0.15) is 5.26 Å². The first kappa shape index (κ1) is 16.6. The number of nitrogens with zero attached hydrogens (tertiary/aromatic N) is 3. The lowest BCUT2D eigenvalue weighted by molar-refractivity contribution is 0.0466. The van der Waals surface area contributed by atoms with Crippen LogP contribution in [0.15, 0.2) is 26.1 Å². The lowest BCUT2D eigenvalue weighted by Gasteiger charge is -2.23. The highest BCUT2D eigenvalue weighted by Gasteiger charge is 2.28. The number of aromatic nitrogens is 2. The maximum absolute atomic E-state index is 12.0. The number of hydrogen-bond donors (Lipinski definition) is 2. The predicted molar refractivity (Wildman–Crippen MR) is 83.1 cm³/mol. The number of furan rings is 1. The van der Waals surface area contributed by atoms with Gasteiger partial charge in [-0.25, -0.2) is 4.79 Å². The Bertz CT molecular complexity index is 896. The number of anilines is 1. The van der Waals surface area contributed by atoms with Crippen molar-refractivity contribution >= 4 is 5.82 Å². The van der Waals surface area contributed by atoms with Gasteiger partial charge in [-0.05, 0) is 26.0 Å². The molecule has 0 radical (unpaired) electrons. The lowest BCUT2D eigenvalue weighted by atomic mass is 10.0. The zero-order valence-electron chi connectivity index (χ0n) is 13.4. The molecule has 2 aromatic rings. The van der Waals surface area contributed by atoms with E-state index in [1.54, 1.807) is 25.1 Å². The molecule has 0 amide bonds. The summed E-state index contributed by atoms with van der Waals surface area (Å²) in [6.45, 7) is 3.24. The fraction of sp³-hybridized carbons (Fsp3) is 0.400. The average Bonchev–Trinajstić information content (AvgIpc) is 2.95. The molecule has 2 rings (SSSR count). The quantitative estimate of drug-likeness (QED) is 0.831. The summed E-state index contributed by atoms with van der Waals surface area (Å²) in [5.41, 5.74) is -2.82. The maximum atomic E-state index is 12.0. The van der Waals surface area contributed by atoms with Crippen LogP contribution in [0.3, 0.4) is 0 Å². The standard InChI is InChI=1S/C15H18N4O4/c1-9-5-6-11(23-9)15(2,22)8-17-12-10(7-16)13(20)19(4)14(21)18(12)3/h5-6,17,22H,8H2,1-4H3. The number of nitrogens with one attached hydrogen (secondary N) is 1. The zero-order valence-corrected chi connectivity index (χ0v) is 13.4. The van der Waals surface area contributed by atoms with Crippen molar-refractivity contribution in [3.8, 4) is 6.07 Å². The minimum absolute atomic E-state index is 0.0465. The van der Waals surface area contributed by atoms with Gasteiger partial charge in [-0.15, -0.1) is 0 Å². The molecular formula is C15H18N4O4. The summed E-state index contributed by atoms with van der Waals surface area (Å²) in [6.07, 6.45) is 0. The van der Waals surface area contributed by atoms with Gasteiger partial charge in [-0.1, -0.05) is 0 Å². The Morgan fingerprint density at radius 3 is 2.52 bits per heavy atom. The number of aryl methyl sites for hydroxylation is 1. The maximum Gasteiger partial charge on any atom is 0.332 e. The number of hydrogen-bond acceptors (Lipinski definition) is 6. The predicted octanol–water partition coefficient (Wildman–Crippen LogP) is 0.177. The van der Waals surface area contributed by atoms with E-state index in [0.717, 1.165) is 9.13 Å². The van der Waals surface area contributed by atoms with Gasteiger partial charge in [0.05, 0.1) is 6.54 Å². The Hall–Kier alpha value is -2.79. The molecule has 0 aliphatic heterocycles. The second-order valence-corrected chi connectivity index (χ2v) is 5.58. The van der Waals surface area contributed by atoms with Crippen LogP contribution in [-0.4, -0.2) is 20.8 Å². The second kappa shape index (κ2) is 5.78. The van der Waals surface area contributed by atoms with Crippen molar-refractivity contribution < 1.29 is 9.52 Å². The van der Waals surface area contributed by atoms with Crippen molar-refractivity contribution in [2.45, 2.75) is 19.4 Å². The molecule has 1 atom stereocenters. The first-order chi connectivity index (χ1) is 10.7. The molecule has 1 unspecified atom stereocenters. The molecular weight excluding hydrogens is 300 g/mol. The molecule has 2 aromatic heterocycles. The van der Waals surface area contributed by atoms with E-state index in [0.29, 0.717) is 11.5 Å². The van der Waals surface area contributed by atoms with Gasteiger partial charge >= 0.3 is 5.69 Å². The molecule has 2 heterocycles. The minimum Gasteiger partial charge on any atom is -0.463 e. The van der Waals surface area contributed by atoms with E-state index in [1.807, 2.05) is 0 Å². The lowest BCUT2D eigenvalue weighted by Crippen LogP contribution is -2.41. The van der Waals surface area contributed by atoms with Crippen molar-refractivity contribution in [3.63, 3.8) is 0 Å². The van der Waals surface area contributed by atoms with Crippen LogP contribution in [0, 0.1) is 18.3 Å². The van der Waals surface area contributed by atoms with Crippen molar-refractivity contribution in [2.75, 3.05) is 11.9 Å². The highest BCUT2D eigenvalue weighted by molar-refractivity contribution is 5.51. The SMILES string of the molecule is Cc1ccc(C(C)(O)CNc2c(C#N)c(=O)n(C)c(=O)n2C)o1. The summed E-state index contributed by atoms with van der Waals surface area (Å²) in [5.74, 6) is 1.05. The molecule has 0 bridgehead atoms. The molecule has 23 heavy (non-hydrogen) atoms. The van der Waals surface area contributed by atoms with E-state index in [1.165, 1.54) is 21.0 Å². The second-order valence-electron chi connectivity index (χ2n) is 5.58. The first-order valence-corrected chi connectivity index (χ1v) is 6.92. The van der Waals surface area contributed by atoms with E-state index in [-0.39, 0.29) is 17.9 Å². The number of rotatable bonds is 4. The largest absolute Gasteiger partial charge is 0.463 e. The third-order valence-corrected chi connectivity index (χ3v) is 3.65. The summed E-state index contributed by atoms with van der Waals surface area (Å²) < 4.78 is 7.42. The monoisotopic (exact) mass is 318 g/mol. The fourth-order valence-electron chi connectivity index (χ4n) is 2.22. The Morgan fingerprint density at radius 1 is 1.35 bits per heavy atom. The van der Waals surface area contributed by atoms with Gasteiger partial charge in [0.2, 0.25) is 0 Å². The Labute approximate surface area is 132 Å². The Kier molecular flexibility index (Phi) is 4.16. The van der Waals surface area contributed by atoms with Crippen LogP contribution >= 0.6 is 0 Å². The van der Waals surface area contributed by atoms with E-state index in [4.69, 9.17) is 4.42 Å². The Morgan fingerprint density at radius 2 is 2.00 bits per heavy atom. The third kappa shape index (κ3) is 2.91. The molecule has 8 nitrogen and oxygen atoms in total. The van der Waals surface area contributed by atoms with Crippen LogP contribution < -0.4 is 16.6 Å². The molecule has 0 saturated heterocycles. The summed E-state index contributed by atoms with van der Waals surface area (Å²) in [7, 11) is 2.74. The van der Waals surface area contributed by atoms with Crippen molar-refractivity contribution in [1.82, 2.24) is 9.13 Å². The average molecular weight is 318 g/mol. The molecule has 0 fully saturated rings. The van der Waals surface area contributed by atoms with Crippen LogP contribution in [0.1, 0.15) is 24.0 Å². The van der Waals surface area contributed by atoms with E-state index in [2.05, 4.69) is 5.32 Å². The van der Waals surface area contributed by atoms with Crippen LogP contribution in [0.5, 0.6) is 0 Å². The van der Waals surface area contributed by atoms with Crippen LogP contribution in [0.25, 0.3) is 0 Å². The Balaban J connectivity index is 2.40. The van der Waals surface area contributed by atoms with E-state index >= 15 is 0 Å². The fourth-order valence-corrected chi connectivity index (χ4v) is 2.22. The molecule has 0 aliphatic carbocycles. The highest BCUT2D eigenvalue weighted by atomic mass is 16.4. The number of nitriles is 1. The van der Waals surface area contributed by atoms with E-state index < -0.39 is 16.9 Å². The van der Waals surface area contributed by atoms with E-state index in [9.17, 15) is 20.0 Å². The molecule has 0 saturated carbocycles. The van der Waals surface area contributed by atoms with Gasteiger partial charge in [0.25, 0.3) is 5.56 Å². The molecule has 0 spiro atoms. The normalized spacial score (nSPS) is 13.4. The van der Waals surface area contributed by atoms with Crippen molar-refractivity contribution in [3.05, 3.63) is 50.1 Å². The molecule has 8 heteroatoms. The van der Waals surface area contributed by atoms with Gasteiger partial charge in [0.1, 0.15) is 29.0 Å². The summed E-state index contributed by atoms with van der Waals surface area (Å²) >= 11 is 0. The molecule has 2 N–H and O–H groups in total. The summed E-state index contributed by atoms with van der Waals surface area (Å²) in [5, 5.41) is 22.5. The van der Waals surface area contributed by atoms with Crippen LogP contribution in [0.2, 0.25) is 0 Å². The van der Waals surface area contributed by atoms with Gasteiger partial charge in [0, 0.05) is 14.1 Å².